The van der Waals surface area contributed by atoms with Crippen molar-refractivity contribution in [3.05, 3.63) is 23.9 Å². The lowest BCUT2D eigenvalue weighted by atomic mass is 9.96. The number of rotatable bonds is 5. The normalized spacial score (nSPS) is 18.2. The second-order valence-corrected chi connectivity index (χ2v) is 6.61. The highest BCUT2D eigenvalue weighted by molar-refractivity contribution is 5.96. The Morgan fingerprint density at radius 2 is 1.89 bits per heavy atom. The number of carbonyl (C=O) groups excluding carboxylic acids is 3. The molecule has 0 aromatic carbocycles. The first-order valence-electron chi connectivity index (χ1n) is 9.08. The summed E-state index contributed by atoms with van der Waals surface area (Å²) in [6.45, 7) is 2.98. The van der Waals surface area contributed by atoms with Crippen LogP contribution in [0.5, 0.6) is 0 Å². The van der Waals surface area contributed by atoms with Gasteiger partial charge in [0, 0.05) is 38.3 Å². The molecule has 2 aliphatic rings. The minimum atomic E-state index is -0.579. The van der Waals surface area contributed by atoms with Crippen LogP contribution in [0, 0.1) is 5.92 Å². The predicted molar refractivity (Wildman–Crippen MR) is 96.0 cm³/mol. The van der Waals surface area contributed by atoms with Gasteiger partial charge in [-0.2, -0.15) is 0 Å². The molecule has 0 bridgehead atoms. The minimum absolute atomic E-state index is 0.192. The van der Waals surface area contributed by atoms with Gasteiger partial charge in [-0.25, -0.2) is 9.78 Å². The van der Waals surface area contributed by atoms with Gasteiger partial charge in [-0.1, -0.05) is 0 Å². The van der Waals surface area contributed by atoms with E-state index in [1.807, 2.05) is 4.90 Å². The van der Waals surface area contributed by atoms with E-state index in [1.54, 1.807) is 23.2 Å². The van der Waals surface area contributed by atoms with Crippen molar-refractivity contribution in [2.75, 3.05) is 50.9 Å². The molecule has 2 N–H and O–H groups in total. The Hall–Kier alpha value is -2.68. The highest BCUT2D eigenvalue weighted by Crippen LogP contribution is 2.20. The molecule has 2 aliphatic heterocycles. The van der Waals surface area contributed by atoms with Crippen molar-refractivity contribution < 1.29 is 23.9 Å². The van der Waals surface area contributed by atoms with Crippen LogP contribution in [0.4, 0.5) is 5.82 Å². The molecule has 3 rings (SSSR count). The number of piperidine rings is 1. The third-order valence-corrected chi connectivity index (χ3v) is 4.89. The van der Waals surface area contributed by atoms with Crippen LogP contribution in [-0.2, 0) is 19.1 Å². The molecule has 3 heterocycles. The van der Waals surface area contributed by atoms with Crippen LogP contribution < -0.4 is 10.6 Å². The van der Waals surface area contributed by atoms with Gasteiger partial charge in [0.25, 0.3) is 5.91 Å². The summed E-state index contributed by atoms with van der Waals surface area (Å²) in [7, 11) is 0. The van der Waals surface area contributed by atoms with Crippen molar-refractivity contribution in [3.8, 4) is 0 Å². The van der Waals surface area contributed by atoms with E-state index in [9.17, 15) is 14.4 Å². The van der Waals surface area contributed by atoms with E-state index >= 15 is 0 Å². The fourth-order valence-electron chi connectivity index (χ4n) is 3.29. The molecule has 146 valence electrons. The molecule has 2 saturated heterocycles. The van der Waals surface area contributed by atoms with E-state index in [4.69, 9.17) is 15.2 Å². The molecule has 1 aromatic rings. The van der Waals surface area contributed by atoms with E-state index in [0.29, 0.717) is 63.6 Å². The number of hydrogen-bond donors (Lipinski definition) is 1. The number of morpholine rings is 1. The number of anilines is 1. The molecule has 2 fully saturated rings. The van der Waals surface area contributed by atoms with Crippen LogP contribution in [0.3, 0.4) is 0 Å². The average Bonchev–Trinajstić information content (AvgIpc) is 2.72. The first-order valence-corrected chi connectivity index (χ1v) is 9.08. The van der Waals surface area contributed by atoms with E-state index in [0.717, 1.165) is 0 Å². The monoisotopic (exact) mass is 376 g/mol. The lowest BCUT2D eigenvalue weighted by molar-refractivity contribution is -0.137. The lowest BCUT2D eigenvalue weighted by Gasteiger charge is -2.30. The Morgan fingerprint density at radius 1 is 1.19 bits per heavy atom. The number of likely N-dealkylation sites (tertiary alicyclic amines) is 1. The topological polar surface area (TPSA) is 115 Å². The Balaban J connectivity index is 1.55. The molecule has 9 nitrogen and oxygen atoms in total. The molecule has 0 atom stereocenters. The number of esters is 1. The van der Waals surface area contributed by atoms with Crippen molar-refractivity contribution in [2.24, 2.45) is 11.7 Å². The maximum Gasteiger partial charge on any atom is 0.342 e. The summed E-state index contributed by atoms with van der Waals surface area (Å²) >= 11 is 0. The van der Waals surface area contributed by atoms with Gasteiger partial charge in [0.15, 0.2) is 6.61 Å². The quantitative estimate of drug-likeness (QED) is 0.708. The Bertz CT molecular complexity index is 697. The first-order chi connectivity index (χ1) is 13.1. The standard InChI is InChI=1S/C18H24N4O5/c19-16(24)13-3-6-21(7-4-13)15(23)12-27-18(25)14-2-1-5-20-17(14)22-8-10-26-11-9-22/h1-2,5,13H,3-4,6-12H2,(H2,19,24). The first kappa shape index (κ1) is 19.1. The van der Waals surface area contributed by atoms with Crippen molar-refractivity contribution >= 4 is 23.6 Å². The average molecular weight is 376 g/mol. The van der Waals surface area contributed by atoms with Gasteiger partial charge in [-0.05, 0) is 25.0 Å². The molecule has 0 unspecified atom stereocenters. The highest BCUT2D eigenvalue weighted by Gasteiger charge is 2.27. The number of nitrogens with two attached hydrogens (primary N) is 1. The third-order valence-electron chi connectivity index (χ3n) is 4.89. The lowest BCUT2D eigenvalue weighted by Crippen LogP contribution is -2.43. The van der Waals surface area contributed by atoms with Gasteiger partial charge in [-0.15, -0.1) is 0 Å². The fraction of sp³-hybridized carbons (Fsp3) is 0.556. The molecule has 0 aliphatic carbocycles. The van der Waals surface area contributed by atoms with Crippen LogP contribution in [0.2, 0.25) is 0 Å². The van der Waals surface area contributed by atoms with Gasteiger partial charge in [0.05, 0.1) is 13.2 Å². The zero-order valence-corrected chi connectivity index (χ0v) is 15.1. The van der Waals surface area contributed by atoms with Crippen molar-refractivity contribution in [1.82, 2.24) is 9.88 Å². The largest absolute Gasteiger partial charge is 0.452 e. The van der Waals surface area contributed by atoms with Crippen molar-refractivity contribution in [1.29, 1.82) is 0 Å². The van der Waals surface area contributed by atoms with E-state index < -0.39 is 5.97 Å². The number of pyridine rings is 1. The maximum absolute atomic E-state index is 12.5. The zero-order valence-electron chi connectivity index (χ0n) is 15.1. The number of nitrogens with zero attached hydrogens (tertiary/aromatic N) is 3. The predicted octanol–water partition coefficient (Wildman–Crippen LogP) is -0.201. The van der Waals surface area contributed by atoms with Crippen LogP contribution >= 0.6 is 0 Å². The molecular formula is C18H24N4O5. The van der Waals surface area contributed by atoms with Crippen LogP contribution in [-0.4, -0.2) is 73.7 Å². The molecule has 0 radical (unpaired) electrons. The SMILES string of the molecule is NC(=O)C1CCN(C(=O)COC(=O)c2cccnc2N2CCOCC2)CC1. The Labute approximate surface area is 157 Å². The van der Waals surface area contributed by atoms with Crippen molar-refractivity contribution in [2.45, 2.75) is 12.8 Å². The summed E-state index contributed by atoms with van der Waals surface area (Å²) in [6.07, 6.45) is 2.70. The summed E-state index contributed by atoms with van der Waals surface area (Å²) in [6, 6.07) is 3.31. The second kappa shape index (κ2) is 8.81. The minimum Gasteiger partial charge on any atom is -0.452 e. The zero-order chi connectivity index (χ0) is 19.2. The smallest absolute Gasteiger partial charge is 0.342 e. The summed E-state index contributed by atoms with van der Waals surface area (Å²) in [5.74, 6) is -0.836. The molecule has 1 aromatic heterocycles. The molecule has 27 heavy (non-hydrogen) atoms. The molecule has 0 saturated carbocycles. The Morgan fingerprint density at radius 3 is 2.56 bits per heavy atom. The maximum atomic E-state index is 12.5. The number of ether oxygens (including phenoxy) is 2. The van der Waals surface area contributed by atoms with Crippen LogP contribution in [0.15, 0.2) is 18.3 Å². The van der Waals surface area contributed by atoms with Gasteiger partial charge < -0.3 is 25.0 Å². The van der Waals surface area contributed by atoms with E-state index in [1.165, 1.54) is 0 Å². The number of primary amides is 1. The van der Waals surface area contributed by atoms with Gasteiger partial charge in [0.2, 0.25) is 5.91 Å². The molecule has 2 amide bonds. The number of aromatic nitrogens is 1. The van der Waals surface area contributed by atoms with Crippen LogP contribution in [0.25, 0.3) is 0 Å². The van der Waals surface area contributed by atoms with Gasteiger partial charge in [0.1, 0.15) is 11.4 Å². The Kier molecular flexibility index (Phi) is 6.23. The number of carbonyl (C=O) groups is 3. The van der Waals surface area contributed by atoms with Crippen molar-refractivity contribution in [3.63, 3.8) is 0 Å². The van der Waals surface area contributed by atoms with Gasteiger partial charge in [-0.3, -0.25) is 9.59 Å². The molecule has 0 spiro atoms. The summed E-state index contributed by atoms with van der Waals surface area (Å²) in [5, 5.41) is 0. The summed E-state index contributed by atoms with van der Waals surface area (Å²) in [5.41, 5.74) is 5.63. The summed E-state index contributed by atoms with van der Waals surface area (Å²) < 4.78 is 10.6. The van der Waals surface area contributed by atoms with Gasteiger partial charge >= 0.3 is 5.97 Å². The highest BCUT2D eigenvalue weighted by atomic mass is 16.5. The number of amides is 2. The summed E-state index contributed by atoms with van der Waals surface area (Å²) in [4.78, 5) is 43.8. The number of hydrogen-bond acceptors (Lipinski definition) is 7. The third kappa shape index (κ3) is 4.73. The fourth-order valence-corrected chi connectivity index (χ4v) is 3.29. The molecule has 9 heteroatoms. The van der Waals surface area contributed by atoms with E-state index in [-0.39, 0.29) is 24.3 Å². The molecular weight excluding hydrogens is 352 g/mol. The van der Waals surface area contributed by atoms with Crippen LogP contribution in [0.1, 0.15) is 23.2 Å². The van der Waals surface area contributed by atoms with E-state index in [2.05, 4.69) is 4.98 Å². The second-order valence-electron chi connectivity index (χ2n) is 6.61.